The van der Waals surface area contributed by atoms with Crippen molar-refractivity contribution in [3.05, 3.63) is 60.2 Å². The van der Waals surface area contributed by atoms with Crippen LogP contribution in [0.3, 0.4) is 0 Å². The van der Waals surface area contributed by atoms with Gasteiger partial charge in [0.05, 0.1) is 11.1 Å². The minimum Gasteiger partial charge on any atom is -0.200 e. The van der Waals surface area contributed by atoms with E-state index < -0.39 is 10.0 Å². The summed E-state index contributed by atoms with van der Waals surface area (Å²) < 4.78 is 23.8. The first-order valence-electron chi connectivity index (χ1n) is 5.86. The molecule has 2 aromatic carbocycles. The summed E-state index contributed by atoms with van der Waals surface area (Å²) in [5.74, 6) is 0. The molecule has 0 saturated heterocycles. The van der Waals surface area contributed by atoms with Gasteiger partial charge in [-0.3, -0.25) is 0 Å². The number of nitrogens with zero attached hydrogens (tertiary/aromatic N) is 1. The molecule has 0 aliphatic heterocycles. The van der Waals surface area contributed by atoms with Crippen LogP contribution in [-0.2, 0) is 10.0 Å². The first-order valence-corrected chi connectivity index (χ1v) is 8.56. The van der Waals surface area contributed by atoms with Gasteiger partial charge in [-0.05, 0) is 36.1 Å². The number of hydrazone groups is 1. The van der Waals surface area contributed by atoms with E-state index in [0.29, 0.717) is 0 Å². The lowest BCUT2D eigenvalue weighted by Crippen LogP contribution is -2.18. The second-order valence-corrected chi connectivity index (χ2v) is 6.48. The van der Waals surface area contributed by atoms with Gasteiger partial charge in [0.25, 0.3) is 10.0 Å². The minimum atomic E-state index is -3.60. The molecule has 1 N–H and O–H groups in total. The molecule has 20 heavy (non-hydrogen) atoms. The van der Waals surface area contributed by atoms with E-state index >= 15 is 0 Å². The fourth-order valence-corrected chi connectivity index (χ4v) is 2.73. The maximum atomic E-state index is 11.9. The van der Waals surface area contributed by atoms with Crippen LogP contribution >= 0.6 is 11.8 Å². The molecule has 0 aromatic heterocycles. The largest absolute Gasteiger partial charge is 0.276 e. The molecule has 4 nitrogen and oxygen atoms in total. The highest BCUT2D eigenvalue weighted by atomic mass is 32.2. The zero-order valence-electron chi connectivity index (χ0n) is 10.9. The number of hydrogen-bond acceptors (Lipinski definition) is 4. The molecule has 0 fully saturated rings. The Hall–Kier alpha value is -1.79. The minimum absolute atomic E-state index is 0.190. The molecule has 104 valence electrons. The van der Waals surface area contributed by atoms with Crippen LogP contribution in [0.5, 0.6) is 0 Å². The highest BCUT2D eigenvalue weighted by Gasteiger charge is 2.10. The summed E-state index contributed by atoms with van der Waals surface area (Å²) in [6, 6.07) is 15.8. The predicted octanol–water partition coefficient (Wildman–Crippen LogP) is 2.72. The van der Waals surface area contributed by atoms with E-state index in [-0.39, 0.29) is 4.90 Å². The molecule has 2 aromatic rings. The van der Waals surface area contributed by atoms with Gasteiger partial charge in [-0.1, -0.05) is 30.3 Å². The Labute approximate surface area is 123 Å². The van der Waals surface area contributed by atoms with E-state index in [1.807, 2.05) is 30.5 Å². The Bertz CT molecular complexity index is 681. The van der Waals surface area contributed by atoms with Gasteiger partial charge in [-0.2, -0.15) is 13.5 Å². The summed E-state index contributed by atoms with van der Waals surface area (Å²) in [4.78, 5) is 3.52. The number of sulfonamides is 1. The number of rotatable bonds is 5. The molecule has 6 heteroatoms. The Morgan fingerprint density at radius 2 is 1.70 bits per heavy atom. The fourth-order valence-electron chi connectivity index (χ4n) is 1.51. The summed E-state index contributed by atoms with van der Waals surface area (Å²) in [5.41, 5.74) is 0.832. The van der Waals surface area contributed by atoms with Crippen molar-refractivity contribution in [3.63, 3.8) is 0 Å². The van der Waals surface area contributed by atoms with E-state index in [1.165, 1.54) is 18.3 Å². The standard InChI is InChI=1S/C14H14N2O2S2/c1-19-13-9-7-12(8-10-13)11-15-16-20(17,18)14-5-3-2-4-6-14/h2-11,16H,1H3. The Kier molecular flexibility index (Phi) is 4.81. The van der Waals surface area contributed by atoms with Gasteiger partial charge in [0.1, 0.15) is 0 Å². The van der Waals surface area contributed by atoms with Crippen molar-refractivity contribution in [2.24, 2.45) is 5.10 Å². The Morgan fingerprint density at radius 1 is 1.05 bits per heavy atom. The molecule has 0 bridgehead atoms. The van der Waals surface area contributed by atoms with Gasteiger partial charge in [0.15, 0.2) is 0 Å². The number of nitrogens with one attached hydrogen (secondary N) is 1. The van der Waals surface area contributed by atoms with Crippen LogP contribution in [0.15, 0.2) is 69.5 Å². The highest BCUT2D eigenvalue weighted by molar-refractivity contribution is 7.98. The summed E-state index contributed by atoms with van der Waals surface area (Å²) in [7, 11) is -3.60. The molecule has 0 amide bonds. The van der Waals surface area contributed by atoms with Gasteiger partial charge in [0.2, 0.25) is 0 Å². The molecular formula is C14H14N2O2S2. The van der Waals surface area contributed by atoms with Crippen molar-refractivity contribution < 1.29 is 8.42 Å². The van der Waals surface area contributed by atoms with Gasteiger partial charge in [0, 0.05) is 4.90 Å². The lowest BCUT2D eigenvalue weighted by molar-refractivity contribution is 0.584. The first kappa shape index (κ1) is 14.6. The monoisotopic (exact) mass is 306 g/mol. The molecule has 0 saturated carbocycles. The third kappa shape index (κ3) is 3.85. The van der Waals surface area contributed by atoms with Crippen LogP contribution in [0.25, 0.3) is 0 Å². The van der Waals surface area contributed by atoms with Crippen LogP contribution < -0.4 is 4.83 Å². The van der Waals surface area contributed by atoms with Crippen LogP contribution in [0.2, 0.25) is 0 Å². The summed E-state index contributed by atoms with van der Waals surface area (Å²) in [6.45, 7) is 0. The van der Waals surface area contributed by atoms with Crippen molar-refractivity contribution in [2.45, 2.75) is 9.79 Å². The van der Waals surface area contributed by atoms with E-state index in [4.69, 9.17) is 0 Å². The van der Waals surface area contributed by atoms with Crippen LogP contribution in [-0.4, -0.2) is 20.9 Å². The number of hydrogen-bond donors (Lipinski definition) is 1. The summed E-state index contributed by atoms with van der Waals surface area (Å²) in [5, 5.41) is 3.78. The number of thioether (sulfide) groups is 1. The van der Waals surface area contributed by atoms with E-state index in [2.05, 4.69) is 9.93 Å². The van der Waals surface area contributed by atoms with Crippen molar-refractivity contribution in [2.75, 3.05) is 6.26 Å². The Morgan fingerprint density at radius 3 is 2.30 bits per heavy atom. The lowest BCUT2D eigenvalue weighted by Gasteiger charge is -2.02. The zero-order valence-corrected chi connectivity index (χ0v) is 12.5. The molecular weight excluding hydrogens is 292 g/mol. The highest BCUT2D eigenvalue weighted by Crippen LogP contribution is 2.14. The molecule has 0 radical (unpaired) electrons. The summed E-state index contributed by atoms with van der Waals surface area (Å²) in [6.07, 6.45) is 3.47. The molecule has 0 heterocycles. The average Bonchev–Trinajstić information content (AvgIpc) is 2.49. The first-order chi connectivity index (χ1) is 9.62. The van der Waals surface area contributed by atoms with Gasteiger partial charge in [-0.15, -0.1) is 11.8 Å². The van der Waals surface area contributed by atoms with Crippen molar-refractivity contribution >= 4 is 28.0 Å². The van der Waals surface area contributed by atoms with E-state index in [9.17, 15) is 8.42 Å². The molecule has 0 aliphatic rings. The molecule has 0 aliphatic carbocycles. The maximum Gasteiger partial charge on any atom is 0.276 e. The predicted molar refractivity (Wildman–Crippen MR) is 82.6 cm³/mol. The van der Waals surface area contributed by atoms with Crippen molar-refractivity contribution in [3.8, 4) is 0 Å². The van der Waals surface area contributed by atoms with Crippen LogP contribution in [0.4, 0.5) is 0 Å². The molecule has 0 unspecified atom stereocenters. The zero-order chi connectivity index (χ0) is 14.4. The molecule has 0 spiro atoms. The topological polar surface area (TPSA) is 58.5 Å². The normalized spacial score (nSPS) is 11.7. The van der Waals surface area contributed by atoms with Crippen molar-refractivity contribution in [1.82, 2.24) is 4.83 Å². The second-order valence-electron chi connectivity index (χ2n) is 3.94. The van der Waals surface area contributed by atoms with Gasteiger partial charge < -0.3 is 0 Å². The smallest absolute Gasteiger partial charge is 0.200 e. The molecule has 2 rings (SSSR count). The quantitative estimate of drug-likeness (QED) is 0.525. The van der Waals surface area contributed by atoms with Gasteiger partial charge in [-0.25, -0.2) is 4.83 Å². The van der Waals surface area contributed by atoms with Gasteiger partial charge >= 0.3 is 0 Å². The number of benzene rings is 2. The summed E-state index contributed by atoms with van der Waals surface area (Å²) >= 11 is 1.65. The Balaban J connectivity index is 2.05. The van der Waals surface area contributed by atoms with Crippen molar-refractivity contribution in [1.29, 1.82) is 0 Å². The SMILES string of the molecule is CSc1ccc(C=NNS(=O)(=O)c2ccccc2)cc1. The van der Waals surface area contributed by atoms with Crippen LogP contribution in [0.1, 0.15) is 5.56 Å². The molecule has 0 atom stereocenters. The fraction of sp³-hybridized carbons (Fsp3) is 0.0714. The third-order valence-electron chi connectivity index (χ3n) is 2.56. The van der Waals surface area contributed by atoms with E-state index in [0.717, 1.165) is 10.5 Å². The maximum absolute atomic E-state index is 11.9. The lowest BCUT2D eigenvalue weighted by atomic mass is 10.2. The van der Waals surface area contributed by atoms with Crippen LogP contribution in [0, 0.1) is 0 Å². The van der Waals surface area contributed by atoms with E-state index in [1.54, 1.807) is 30.0 Å². The third-order valence-corrected chi connectivity index (χ3v) is 4.54. The second kappa shape index (κ2) is 6.58. The average molecular weight is 306 g/mol.